The fourth-order valence-corrected chi connectivity index (χ4v) is 2.35. The van der Waals surface area contributed by atoms with Gasteiger partial charge in [-0.05, 0) is 20.3 Å². The highest BCUT2D eigenvalue weighted by Gasteiger charge is 2.19. The summed E-state index contributed by atoms with van der Waals surface area (Å²) in [6.45, 7) is 7.65. The van der Waals surface area contributed by atoms with E-state index in [0.717, 1.165) is 43.4 Å². The van der Waals surface area contributed by atoms with Gasteiger partial charge in [0, 0.05) is 38.4 Å². The number of aryl methyl sites for hydroxylation is 1. The summed E-state index contributed by atoms with van der Waals surface area (Å²) in [5, 5.41) is 3.21. The molecule has 1 aliphatic rings. The third kappa shape index (κ3) is 3.90. The van der Waals surface area contributed by atoms with E-state index in [-0.39, 0.29) is 5.91 Å². The molecule has 6 heteroatoms. The van der Waals surface area contributed by atoms with Crippen molar-refractivity contribution in [2.24, 2.45) is 0 Å². The Hall–Kier alpha value is -1.69. The lowest BCUT2D eigenvalue weighted by Crippen LogP contribution is -2.34. The molecule has 1 aliphatic heterocycles. The second-order valence-corrected chi connectivity index (χ2v) is 5.22. The molecule has 1 aromatic rings. The average molecular weight is 277 g/mol. The lowest BCUT2D eigenvalue weighted by Gasteiger charge is -2.18. The van der Waals surface area contributed by atoms with E-state index in [4.69, 9.17) is 0 Å². The van der Waals surface area contributed by atoms with Crippen LogP contribution in [-0.2, 0) is 11.3 Å². The fraction of sp³-hybridized carbons (Fsp3) is 0.643. The first-order valence-electron chi connectivity index (χ1n) is 7.13. The number of hydrogen-bond acceptors (Lipinski definition) is 5. The number of carbonyl (C=O) groups excluding carboxylic acids is 1. The summed E-state index contributed by atoms with van der Waals surface area (Å²) in [6.07, 6.45) is 0.994. The van der Waals surface area contributed by atoms with Crippen molar-refractivity contribution in [3.63, 3.8) is 0 Å². The van der Waals surface area contributed by atoms with E-state index in [9.17, 15) is 4.79 Å². The second-order valence-electron chi connectivity index (χ2n) is 5.22. The number of hydrogen-bond donors (Lipinski definition) is 1. The van der Waals surface area contributed by atoms with Crippen molar-refractivity contribution in [1.82, 2.24) is 19.8 Å². The highest BCUT2D eigenvalue weighted by atomic mass is 16.2. The first-order valence-corrected chi connectivity index (χ1v) is 7.13. The van der Waals surface area contributed by atoms with Crippen molar-refractivity contribution < 1.29 is 4.79 Å². The van der Waals surface area contributed by atoms with E-state index in [1.807, 2.05) is 27.0 Å². The zero-order valence-electron chi connectivity index (χ0n) is 12.5. The number of anilines is 1. The molecule has 2 rings (SSSR count). The van der Waals surface area contributed by atoms with Gasteiger partial charge in [-0.25, -0.2) is 9.97 Å². The van der Waals surface area contributed by atoms with E-state index >= 15 is 0 Å². The highest BCUT2D eigenvalue weighted by molar-refractivity contribution is 5.78. The topological polar surface area (TPSA) is 61.4 Å². The maximum absolute atomic E-state index is 11.9. The summed E-state index contributed by atoms with van der Waals surface area (Å²) >= 11 is 0. The molecular formula is C14H23N5O. The molecule has 0 aromatic carbocycles. The van der Waals surface area contributed by atoms with Crippen LogP contribution in [0.4, 0.5) is 5.82 Å². The van der Waals surface area contributed by atoms with Crippen molar-refractivity contribution >= 4 is 11.7 Å². The SMILES string of the molecule is CCNc1cc(C)nc(CN2CCCN(C)C(=O)C2)n1. The normalized spacial score (nSPS) is 17.1. The Kier molecular flexibility index (Phi) is 4.89. The van der Waals surface area contributed by atoms with E-state index < -0.39 is 0 Å². The minimum Gasteiger partial charge on any atom is -0.370 e. The molecule has 20 heavy (non-hydrogen) atoms. The van der Waals surface area contributed by atoms with Gasteiger partial charge in [-0.2, -0.15) is 0 Å². The van der Waals surface area contributed by atoms with Crippen LogP contribution in [0.5, 0.6) is 0 Å². The molecular weight excluding hydrogens is 254 g/mol. The predicted molar refractivity (Wildman–Crippen MR) is 78.5 cm³/mol. The van der Waals surface area contributed by atoms with Gasteiger partial charge in [0.2, 0.25) is 5.91 Å². The maximum atomic E-state index is 11.9. The number of amides is 1. The Bertz CT molecular complexity index is 477. The van der Waals surface area contributed by atoms with Crippen LogP contribution in [0.3, 0.4) is 0 Å². The van der Waals surface area contributed by atoms with Crippen LogP contribution in [0.15, 0.2) is 6.07 Å². The zero-order chi connectivity index (χ0) is 14.5. The van der Waals surface area contributed by atoms with Crippen molar-refractivity contribution in [3.8, 4) is 0 Å². The minimum atomic E-state index is 0.169. The molecule has 0 saturated carbocycles. The van der Waals surface area contributed by atoms with E-state index in [2.05, 4.69) is 20.2 Å². The summed E-state index contributed by atoms with van der Waals surface area (Å²) in [6, 6.07) is 1.94. The Labute approximate surface area is 120 Å². The quantitative estimate of drug-likeness (QED) is 0.885. The first-order chi connectivity index (χ1) is 9.58. The van der Waals surface area contributed by atoms with Crippen LogP contribution < -0.4 is 5.32 Å². The van der Waals surface area contributed by atoms with Crippen molar-refractivity contribution in [3.05, 3.63) is 17.6 Å². The Morgan fingerprint density at radius 2 is 2.15 bits per heavy atom. The van der Waals surface area contributed by atoms with Crippen molar-refractivity contribution in [1.29, 1.82) is 0 Å². The molecule has 0 radical (unpaired) electrons. The Morgan fingerprint density at radius 3 is 2.90 bits per heavy atom. The van der Waals surface area contributed by atoms with Gasteiger partial charge in [0.1, 0.15) is 11.6 Å². The van der Waals surface area contributed by atoms with E-state index in [0.29, 0.717) is 13.1 Å². The minimum absolute atomic E-state index is 0.169. The van der Waals surface area contributed by atoms with Crippen LogP contribution in [0.1, 0.15) is 24.9 Å². The molecule has 2 heterocycles. The number of carbonyl (C=O) groups is 1. The van der Waals surface area contributed by atoms with Crippen molar-refractivity contribution in [2.45, 2.75) is 26.8 Å². The lowest BCUT2D eigenvalue weighted by molar-refractivity contribution is -0.130. The maximum Gasteiger partial charge on any atom is 0.236 e. The number of nitrogens with one attached hydrogen (secondary N) is 1. The van der Waals surface area contributed by atoms with Gasteiger partial charge in [-0.1, -0.05) is 0 Å². The molecule has 0 bridgehead atoms. The molecule has 6 nitrogen and oxygen atoms in total. The second kappa shape index (κ2) is 6.65. The van der Waals surface area contributed by atoms with Gasteiger partial charge in [-0.15, -0.1) is 0 Å². The monoisotopic (exact) mass is 277 g/mol. The van der Waals surface area contributed by atoms with E-state index in [1.165, 1.54) is 0 Å². The molecule has 0 unspecified atom stereocenters. The number of aromatic nitrogens is 2. The summed E-state index contributed by atoms with van der Waals surface area (Å²) < 4.78 is 0. The average Bonchev–Trinajstić information content (AvgIpc) is 2.51. The van der Waals surface area contributed by atoms with Crippen LogP contribution in [0.25, 0.3) is 0 Å². The number of rotatable bonds is 4. The smallest absolute Gasteiger partial charge is 0.236 e. The molecule has 110 valence electrons. The predicted octanol–water partition coefficient (Wildman–Crippen LogP) is 0.881. The van der Waals surface area contributed by atoms with Gasteiger partial charge in [0.15, 0.2) is 0 Å². The molecule has 1 fully saturated rings. The first kappa shape index (κ1) is 14.7. The molecule has 0 spiro atoms. The number of nitrogens with zero attached hydrogens (tertiary/aromatic N) is 4. The van der Waals surface area contributed by atoms with Crippen molar-refractivity contribution in [2.75, 3.05) is 38.5 Å². The van der Waals surface area contributed by atoms with Crippen LogP contribution in [-0.4, -0.2) is 58.9 Å². The van der Waals surface area contributed by atoms with Crippen LogP contribution in [0, 0.1) is 6.92 Å². The van der Waals surface area contributed by atoms with E-state index in [1.54, 1.807) is 4.90 Å². The molecule has 0 atom stereocenters. The van der Waals surface area contributed by atoms with Crippen LogP contribution >= 0.6 is 0 Å². The third-order valence-corrected chi connectivity index (χ3v) is 3.38. The van der Waals surface area contributed by atoms with Gasteiger partial charge in [0.25, 0.3) is 0 Å². The molecule has 1 amide bonds. The third-order valence-electron chi connectivity index (χ3n) is 3.38. The fourth-order valence-electron chi connectivity index (χ4n) is 2.35. The molecule has 0 aliphatic carbocycles. The standard InChI is InChI=1S/C14H23N5O/c1-4-15-12-8-11(2)16-13(17-12)9-19-7-5-6-18(3)14(20)10-19/h8H,4-7,9-10H2,1-3H3,(H,15,16,17). The van der Waals surface area contributed by atoms with Crippen LogP contribution in [0.2, 0.25) is 0 Å². The summed E-state index contributed by atoms with van der Waals surface area (Å²) in [4.78, 5) is 24.8. The summed E-state index contributed by atoms with van der Waals surface area (Å²) in [7, 11) is 1.86. The highest BCUT2D eigenvalue weighted by Crippen LogP contribution is 2.10. The van der Waals surface area contributed by atoms with Gasteiger partial charge in [-0.3, -0.25) is 9.69 Å². The van der Waals surface area contributed by atoms with Gasteiger partial charge >= 0.3 is 0 Å². The number of likely N-dealkylation sites (N-methyl/N-ethyl adjacent to an activating group) is 1. The summed E-state index contributed by atoms with van der Waals surface area (Å²) in [5.41, 5.74) is 0.948. The molecule has 1 aromatic heterocycles. The van der Waals surface area contributed by atoms with Gasteiger partial charge in [0.05, 0.1) is 13.1 Å². The Morgan fingerprint density at radius 1 is 1.35 bits per heavy atom. The lowest BCUT2D eigenvalue weighted by atomic mass is 10.3. The molecule has 1 saturated heterocycles. The molecule has 1 N–H and O–H groups in total. The van der Waals surface area contributed by atoms with Gasteiger partial charge < -0.3 is 10.2 Å². The zero-order valence-corrected chi connectivity index (χ0v) is 12.5. The summed E-state index contributed by atoms with van der Waals surface area (Å²) in [5.74, 6) is 1.80. The largest absolute Gasteiger partial charge is 0.370 e. The Balaban J connectivity index is 2.07.